The highest BCUT2D eigenvalue weighted by molar-refractivity contribution is 9.93. The van der Waals surface area contributed by atoms with E-state index in [-0.39, 0.29) is 131 Å². The summed E-state index contributed by atoms with van der Waals surface area (Å²) in [4.78, 5) is 165. The summed E-state index contributed by atoms with van der Waals surface area (Å²) in [5.41, 5.74) is 23.1. The molecule has 0 aliphatic heterocycles. The number of ether oxygens (including phenoxy) is 4. The van der Waals surface area contributed by atoms with E-state index in [1.807, 2.05) is 104 Å². The van der Waals surface area contributed by atoms with Crippen LogP contribution in [0.3, 0.4) is 0 Å². The number of ketones is 2. The Morgan fingerprint density at radius 1 is 0.477 bits per heavy atom. The smallest absolute Gasteiger partial charge is 0.316 e. The number of carbonyl (C=O) groups excluding carboxylic acids is 11. The second kappa shape index (κ2) is 64.4. The van der Waals surface area contributed by atoms with Gasteiger partial charge in [-0.1, -0.05) is 112 Å². The van der Waals surface area contributed by atoms with Gasteiger partial charge in [-0.3, -0.25) is 57.5 Å². The number of nitrogen functional groups attached to an aromatic ring is 1. The Morgan fingerprint density at radius 2 is 0.800 bits per heavy atom. The first-order chi connectivity index (χ1) is 60.3. The number of amides is 4. The van der Waals surface area contributed by atoms with Crippen LogP contribution >= 0.6 is 130 Å². The minimum Gasteiger partial charge on any atom is -0.481 e. The molecule has 13 N–H and O–H groups in total. The number of hydrogen-bond donors (Lipinski definition) is 9. The third-order valence-corrected chi connectivity index (χ3v) is 24.4. The van der Waals surface area contributed by atoms with E-state index < -0.39 is 23.7 Å². The number of carboxylic acid groups (broad SMARTS) is 1. The van der Waals surface area contributed by atoms with Crippen molar-refractivity contribution in [3.05, 3.63) is 42.3 Å². The Labute approximate surface area is 831 Å². The fourth-order valence-electron chi connectivity index (χ4n) is 13.7. The van der Waals surface area contributed by atoms with E-state index in [2.05, 4.69) is 133 Å². The van der Waals surface area contributed by atoms with Crippen molar-refractivity contribution >= 4 is 226 Å². The molecule has 7 atom stereocenters. The van der Waals surface area contributed by atoms with Gasteiger partial charge in [0.05, 0.1) is 59.9 Å². The lowest BCUT2D eigenvalue weighted by molar-refractivity contribution is -0.154. The first-order valence-electron chi connectivity index (χ1n) is 44.2. The number of thiazole rings is 4. The SMILES string of the molecule is Br.BrBr.CC(C)(C)CC(=O)Cl.CC(C)(C)CC(=O)Nc1nc2c(s1)CCCC2C(=O)O.CCOC(=O)C1CCCC(Br)C1=O.CCOC(=O)C1CCCCC1=O.CCOC(=O)C1CCCc2sc(N)nc21.CCOC(=O)C1CCCc2sc(NC(=O)CC(C)(C)C)nc21.CN(C)CCCN.CN(C)CCCNC(=O)C1CCCc2sc(NC(=O)CC(C)(C)C)nc21.NC(N)=S. The molecule has 2 fully saturated rings. The molecule has 6 aliphatic rings. The number of aliphatic carboxylic acids is 1. The number of Topliss-reactive ketones (excluding diaryl/α,β-unsaturated/α-hetero) is 2. The molecule has 0 saturated heterocycles. The maximum atomic E-state index is 12.6. The Hall–Kier alpha value is -5.66. The summed E-state index contributed by atoms with van der Waals surface area (Å²) >= 11 is 23.9. The lowest BCUT2D eigenvalue weighted by Crippen LogP contribution is -2.35. The normalized spacial score (nSPS) is 18.1. The van der Waals surface area contributed by atoms with E-state index in [9.17, 15) is 62.6 Å². The van der Waals surface area contributed by atoms with Crippen LogP contribution in [0, 0.1) is 33.5 Å². The van der Waals surface area contributed by atoms with Crippen LogP contribution in [-0.4, -0.2) is 196 Å². The third kappa shape index (κ3) is 51.9. The predicted molar refractivity (Wildman–Crippen MR) is 542 cm³/mol. The molecule has 10 rings (SSSR count). The number of nitrogens with one attached hydrogen (secondary N) is 4. The molecule has 4 heterocycles. The molecule has 130 heavy (non-hydrogen) atoms. The molecule has 6 aliphatic carbocycles. The number of carbonyl (C=O) groups is 12. The van der Waals surface area contributed by atoms with Gasteiger partial charge in [-0.25, -0.2) is 19.9 Å². The van der Waals surface area contributed by atoms with Crippen molar-refractivity contribution in [2.45, 2.75) is 300 Å². The number of hydrogen-bond acceptors (Lipinski definition) is 29. The number of esters is 4. The zero-order valence-corrected chi connectivity index (χ0v) is 91.1. The number of rotatable bonds is 24. The zero-order chi connectivity index (χ0) is 98.3. The minimum atomic E-state index is -0.830. The summed E-state index contributed by atoms with van der Waals surface area (Å²) < 4.78 is 19.8. The average molecular weight is 2200 g/mol. The maximum absolute atomic E-state index is 12.6. The zero-order valence-electron chi connectivity index (χ0n) is 79.8. The van der Waals surface area contributed by atoms with Gasteiger partial charge in [0, 0.05) is 86.4 Å². The molecule has 740 valence electrons. The molecule has 0 bridgehead atoms. The van der Waals surface area contributed by atoms with E-state index >= 15 is 0 Å². The number of thiocarbonyl (C=S) groups is 1. The van der Waals surface area contributed by atoms with Crippen molar-refractivity contribution in [2.24, 2.45) is 50.7 Å². The molecule has 41 heteroatoms. The number of fused-ring (bicyclic) bond motifs is 4. The van der Waals surface area contributed by atoms with Gasteiger partial charge in [0.1, 0.15) is 35.4 Å². The number of anilines is 4. The molecule has 2 saturated carbocycles. The lowest BCUT2D eigenvalue weighted by Gasteiger charge is -2.22. The van der Waals surface area contributed by atoms with Crippen molar-refractivity contribution in [3.63, 3.8) is 0 Å². The van der Waals surface area contributed by atoms with Crippen LogP contribution in [0.1, 0.15) is 312 Å². The van der Waals surface area contributed by atoms with E-state index in [1.54, 1.807) is 20.8 Å². The molecule has 4 amide bonds. The number of nitrogens with zero attached hydrogens (tertiary/aromatic N) is 6. The van der Waals surface area contributed by atoms with Crippen LogP contribution in [0.15, 0.2) is 0 Å². The number of carboxylic acids is 1. The van der Waals surface area contributed by atoms with Gasteiger partial charge in [0.15, 0.2) is 31.4 Å². The summed E-state index contributed by atoms with van der Waals surface area (Å²) in [6, 6.07) is 0. The minimum absolute atomic E-state index is 0. The first-order valence-corrected chi connectivity index (χ1v) is 52.8. The average Bonchev–Trinajstić information content (AvgIpc) is 1.70. The Balaban J connectivity index is 0.00000149. The van der Waals surface area contributed by atoms with Crippen molar-refractivity contribution < 1.29 is 81.6 Å². The van der Waals surface area contributed by atoms with Crippen molar-refractivity contribution in [1.29, 1.82) is 0 Å². The molecule has 0 spiro atoms. The maximum Gasteiger partial charge on any atom is 0.316 e. The summed E-state index contributed by atoms with van der Waals surface area (Å²) in [6.45, 7) is 36.3. The summed E-state index contributed by atoms with van der Waals surface area (Å²) in [6.07, 6.45) is 19.8. The summed E-state index contributed by atoms with van der Waals surface area (Å²) in [5.74, 6) is -4.12. The van der Waals surface area contributed by atoms with Crippen molar-refractivity contribution in [2.75, 3.05) is 102 Å². The van der Waals surface area contributed by atoms with Gasteiger partial charge >= 0.3 is 29.8 Å². The van der Waals surface area contributed by atoms with E-state index in [0.717, 1.165) is 165 Å². The number of halogens is 5. The Kier molecular flexibility index (Phi) is 61.6. The second-order valence-corrected chi connectivity index (χ2v) is 43.2. The Morgan fingerprint density at radius 3 is 1.14 bits per heavy atom. The van der Waals surface area contributed by atoms with Gasteiger partial charge in [-0.2, -0.15) is 0 Å². The monoisotopic (exact) mass is 2190 g/mol. The van der Waals surface area contributed by atoms with Gasteiger partial charge in [0.2, 0.25) is 28.9 Å². The van der Waals surface area contributed by atoms with Crippen molar-refractivity contribution in [1.82, 2.24) is 35.1 Å². The van der Waals surface area contributed by atoms with Crippen LogP contribution in [0.25, 0.3) is 0 Å². The van der Waals surface area contributed by atoms with Crippen LogP contribution in [0.2, 0.25) is 0 Å². The molecular formula is C89H147Br4ClN14O17S5. The van der Waals surface area contributed by atoms with Gasteiger partial charge in [-0.05, 0) is 237 Å². The largest absolute Gasteiger partial charge is 0.481 e. The predicted octanol–water partition coefficient (Wildman–Crippen LogP) is 17.8. The fourth-order valence-corrected chi connectivity index (χ4v) is 19.0. The molecule has 0 radical (unpaired) electrons. The standard InChI is InChI=1S/C19H32N4O2S.C16H24N2O3S.C14H20N2O3S.C10H14N2O2S.C9H13BrO3.C9H14O3.C6H11ClO.C5H14N2.CH4N2S.Br2.BrH/c1-19(2,3)12-15(24)21-18-22-16-13(8-6-9-14(16)26-18)17(25)20-10-7-11-23(4)5;1-5-21-14(20)10-7-6-8-11-13(10)18-15(22-11)17-12(19)9-16(2,3)4;1-14(2,3)7-10(17)15-13-16-11-8(12(18)19)5-4-6-9(11)20-13;1-2-14-9(13)6-4-3-5-7-8(6)12-10(11)15-7;1-2-13-9(12)6-4-3-5-7(10)8(6)11;1-2-12-9(11)7-5-3-4-6-8(7)10;1-6(2,3)4-5(7)8;1-7(2)5-3-4-6;2-1(3)4;1-2;/h13H,6-12H2,1-5H3,(H,20,25)(H,21,22,24);10H,5-9H2,1-4H3,(H,17,18,19);8H,4-7H2,1-3H3,(H,18,19)(H,15,16,17);6H,2-5H2,1H3,(H2,11,12);6-7H,2-5H2,1H3;7H,2-6H2,1H3;4H2,1-3H3;3-6H2,1-2H3;(H4,2,3,4);;1H. The van der Waals surface area contributed by atoms with Crippen LogP contribution in [0.5, 0.6) is 0 Å². The van der Waals surface area contributed by atoms with E-state index in [1.165, 1.54) is 45.3 Å². The van der Waals surface area contributed by atoms with Crippen LogP contribution < -0.4 is 44.2 Å². The van der Waals surface area contributed by atoms with Gasteiger partial charge in [-0.15, -0.1) is 62.3 Å². The fraction of sp³-hybridized carbons (Fsp3) is 0.719. The topological polar surface area (TPSA) is 472 Å². The van der Waals surface area contributed by atoms with E-state index in [4.69, 9.17) is 42.0 Å². The second-order valence-electron chi connectivity index (χ2n) is 36.8. The third-order valence-electron chi connectivity index (χ3n) is 19.3. The molecular weight excluding hydrogens is 2050 g/mol. The van der Waals surface area contributed by atoms with E-state index in [0.29, 0.717) is 111 Å². The quantitative estimate of drug-likeness (QED) is 0.00598. The first kappa shape index (κ1) is 124. The molecule has 4 aromatic heterocycles. The number of aromatic nitrogens is 4. The number of aryl methyl sites for hydroxylation is 4. The molecule has 31 nitrogen and oxygen atoms in total. The van der Waals surface area contributed by atoms with Crippen LogP contribution in [0.4, 0.5) is 20.5 Å². The van der Waals surface area contributed by atoms with Crippen molar-refractivity contribution in [3.8, 4) is 0 Å². The summed E-state index contributed by atoms with van der Waals surface area (Å²) in [7, 11) is 8.16. The van der Waals surface area contributed by atoms with Crippen LogP contribution in [-0.2, 0) is 102 Å². The Bertz CT molecular complexity index is 4180. The van der Waals surface area contributed by atoms with Gasteiger partial charge in [0.25, 0.3) is 0 Å². The highest BCUT2D eigenvalue weighted by Crippen LogP contribution is 2.42. The molecule has 0 aromatic carbocycles. The number of nitrogens with two attached hydrogens (primary N) is 4. The highest BCUT2D eigenvalue weighted by Gasteiger charge is 2.38. The number of alkyl halides is 1. The summed E-state index contributed by atoms with van der Waals surface area (Å²) in [5, 5.41) is 22.9. The molecule has 7 unspecified atom stereocenters. The molecule has 4 aromatic rings. The lowest BCUT2D eigenvalue weighted by atomic mass is 9.88. The van der Waals surface area contributed by atoms with Gasteiger partial charge < -0.3 is 78.1 Å². The highest BCUT2D eigenvalue weighted by atomic mass is 80.9.